The van der Waals surface area contributed by atoms with Gasteiger partial charge in [0, 0.05) is 45.7 Å². The molecule has 0 atom stereocenters. The monoisotopic (exact) mass is 500 g/mol. The van der Waals surface area contributed by atoms with Gasteiger partial charge in [-0.2, -0.15) is 5.10 Å². The molecule has 10 heteroatoms. The molecule has 0 aliphatic rings. The Morgan fingerprint density at radius 3 is 2.93 bits per heavy atom. The number of aryl methyl sites for hydroxylation is 1. The smallest absolute Gasteiger partial charge is 0.193 e. The van der Waals surface area contributed by atoms with Gasteiger partial charge in [-0.25, -0.2) is 9.97 Å². The summed E-state index contributed by atoms with van der Waals surface area (Å²) < 4.78 is 1.74. The molecule has 0 amide bonds. The summed E-state index contributed by atoms with van der Waals surface area (Å²) in [7, 11) is 5.73. The number of anilines is 1. The van der Waals surface area contributed by atoms with Gasteiger partial charge in [0.1, 0.15) is 12.1 Å². The van der Waals surface area contributed by atoms with E-state index in [1.807, 2.05) is 7.05 Å². The fraction of sp³-hybridized carbons (Fsp3) is 0.412. The van der Waals surface area contributed by atoms with Crippen molar-refractivity contribution in [2.24, 2.45) is 12.0 Å². The van der Waals surface area contributed by atoms with Gasteiger partial charge >= 0.3 is 0 Å². The lowest BCUT2D eigenvalue weighted by atomic mass is 10.3. The van der Waals surface area contributed by atoms with Crippen molar-refractivity contribution >= 4 is 58.1 Å². The summed E-state index contributed by atoms with van der Waals surface area (Å²) >= 11 is 1.79. The average Bonchev–Trinajstić information content (AvgIpc) is 3.30. The number of halogens is 1. The van der Waals surface area contributed by atoms with Gasteiger partial charge in [0.25, 0.3) is 0 Å². The van der Waals surface area contributed by atoms with E-state index in [9.17, 15) is 0 Å². The summed E-state index contributed by atoms with van der Waals surface area (Å²) in [5, 5.41) is 14.0. The summed E-state index contributed by atoms with van der Waals surface area (Å²) in [5.74, 6) is 1.68. The standard InChI is InChI=1S/C17H24N8S.HI/c1-18-17(24(2)9-6-13-5-4-10-26-13)20-8-7-19-15-14-11-23-25(3)16(14)22-12-21-15;/h4-5,10-12H,6-9H2,1-3H3,(H,18,20)(H,19,21,22);1H. The first-order chi connectivity index (χ1) is 12.7. The van der Waals surface area contributed by atoms with Crippen LogP contribution < -0.4 is 10.6 Å². The zero-order chi connectivity index (χ0) is 18.4. The number of likely N-dealkylation sites (N-methyl/N-ethyl adjacent to an activating group) is 1. The number of hydrogen-bond acceptors (Lipinski definition) is 6. The lowest BCUT2D eigenvalue weighted by molar-refractivity contribution is 0.488. The highest BCUT2D eigenvalue weighted by molar-refractivity contribution is 14.0. The molecule has 0 aliphatic carbocycles. The Balaban J connectivity index is 0.00000261. The molecule has 3 rings (SSSR count). The highest BCUT2D eigenvalue weighted by Gasteiger charge is 2.08. The third kappa shape index (κ3) is 5.51. The van der Waals surface area contributed by atoms with Crippen molar-refractivity contribution in [1.82, 2.24) is 30.0 Å². The highest BCUT2D eigenvalue weighted by atomic mass is 127. The van der Waals surface area contributed by atoms with Crippen molar-refractivity contribution in [3.8, 4) is 0 Å². The molecular weight excluding hydrogens is 475 g/mol. The Labute approximate surface area is 180 Å². The van der Waals surface area contributed by atoms with Crippen LogP contribution in [0.25, 0.3) is 11.0 Å². The van der Waals surface area contributed by atoms with Gasteiger partial charge in [-0.3, -0.25) is 9.67 Å². The lowest BCUT2D eigenvalue weighted by Crippen LogP contribution is -2.41. The van der Waals surface area contributed by atoms with Crippen molar-refractivity contribution in [3.05, 3.63) is 34.9 Å². The molecule has 0 saturated heterocycles. The maximum atomic E-state index is 4.35. The fourth-order valence-electron chi connectivity index (χ4n) is 2.68. The molecular formula is C17H25IN8S. The molecule has 0 bridgehead atoms. The number of rotatable bonds is 7. The third-order valence-corrected chi connectivity index (χ3v) is 5.01. The van der Waals surface area contributed by atoms with Crippen LogP contribution in [0.1, 0.15) is 4.88 Å². The highest BCUT2D eigenvalue weighted by Crippen LogP contribution is 2.17. The van der Waals surface area contributed by atoms with Gasteiger partial charge in [-0.1, -0.05) is 6.07 Å². The average molecular weight is 500 g/mol. The summed E-state index contributed by atoms with van der Waals surface area (Å²) in [5.41, 5.74) is 0.819. The van der Waals surface area contributed by atoms with Crippen molar-refractivity contribution in [2.45, 2.75) is 6.42 Å². The van der Waals surface area contributed by atoms with E-state index in [1.165, 1.54) is 4.88 Å². The Hall–Kier alpha value is -1.95. The van der Waals surface area contributed by atoms with Crippen LogP contribution in [0.5, 0.6) is 0 Å². The van der Waals surface area contributed by atoms with E-state index in [-0.39, 0.29) is 24.0 Å². The fourth-order valence-corrected chi connectivity index (χ4v) is 3.38. The molecule has 0 aromatic carbocycles. The van der Waals surface area contributed by atoms with Crippen LogP contribution >= 0.6 is 35.3 Å². The molecule has 146 valence electrons. The normalized spacial score (nSPS) is 11.3. The first-order valence-corrected chi connectivity index (χ1v) is 9.37. The molecule has 2 N–H and O–H groups in total. The van der Waals surface area contributed by atoms with E-state index in [0.29, 0.717) is 0 Å². The molecule has 3 aromatic rings. The quantitative estimate of drug-likeness (QED) is 0.224. The molecule has 0 saturated carbocycles. The minimum absolute atomic E-state index is 0. The number of hydrogen-bond donors (Lipinski definition) is 2. The predicted molar refractivity (Wildman–Crippen MR) is 122 cm³/mol. The maximum absolute atomic E-state index is 4.35. The predicted octanol–water partition coefficient (Wildman–Crippen LogP) is 2.20. The molecule has 0 unspecified atom stereocenters. The summed E-state index contributed by atoms with van der Waals surface area (Å²) in [6.45, 7) is 2.39. The van der Waals surface area contributed by atoms with E-state index < -0.39 is 0 Å². The maximum Gasteiger partial charge on any atom is 0.193 e. The second-order valence-electron chi connectivity index (χ2n) is 5.88. The minimum atomic E-state index is 0. The zero-order valence-corrected chi connectivity index (χ0v) is 18.9. The topological polar surface area (TPSA) is 83.3 Å². The Morgan fingerprint density at radius 1 is 1.33 bits per heavy atom. The SMILES string of the molecule is CN=C(NCCNc1ncnc2c1cnn2C)N(C)CCc1cccs1.I. The van der Waals surface area contributed by atoms with Gasteiger partial charge in [0.05, 0.1) is 11.6 Å². The molecule has 0 spiro atoms. The molecule has 0 radical (unpaired) electrons. The Kier molecular flexibility index (Phi) is 8.23. The molecule has 0 fully saturated rings. The number of nitrogens with zero attached hydrogens (tertiary/aromatic N) is 6. The first-order valence-electron chi connectivity index (χ1n) is 8.50. The van der Waals surface area contributed by atoms with E-state index in [2.05, 4.69) is 60.2 Å². The number of aromatic nitrogens is 4. The zero-order valence-electron chi connectivity index (χ0n) is 15.7. The number of fused-ring (bicyclic) bond motifs is 1. The number of nitrogens with one attached hydrogen (secondary N) is 2. The van der Waals surface area contributed by atoms with Crippen LogP contribution in [0.2, 0.25) is 0 Å². The van der Waals surface area contributed by atoms with Crippen LogP contribution in [0.15, 0.2) is 35.0 Å². The van der Waals surface area contributed by atoms with Crippen LogP contribution in [-0.4, -0.2) is 64.3 Å². The Bertz CT molecular complexity index is 861. The summed E-state index contributed by atoms with van der Waals surface area (Å²) in [4.78, 5) is 16.4. The van der Waals surface area contributed by atoms with Crippen molar-refractivity contribution in [3.63, 3.8) is 0 Å². The van der Waals surface area contributed by atoms with Gasteiger partial charge in [0.15, 0.2) is 11.6 Å². The minimum Gasteiger partial charge on any atom is -0.368 e. The van der Waals surface area contributed by atoms with Crippen LogP contribution in [0.3, 0.4) is 0 Å². The van der Waals surface area contributed by atoms with Gasteiger partial charge in [-0.15, -0.1) is 35.3 Å². The van der Waals surface area contributed by atoms with E-state index in [4.69, 9.17) is 0 Å². The number of guanidine groups is 1. The molecule has 0 aliphatic heterocycles. The Morgan fingerprint density at radius 2 is 2.19 bits per heavy atom. The third-order valence-electron chi connectivity index (χ3n) is 4.08. The van der Waals surface area contributed by atoms with Crippen molar-refractivity contribution in [1.29, 1.82) is 0 Å². The van der Waals surface area contributed by atoms with E-state index >= 15 is 0 Å². The van der Waals surface area contributed by atoms with Gasteiger partial charge in [-0.05, 0) is 17.9 Å². The van der Waals surface area contributed by atoms with E-state index in [1.54, 1.807) is 35.6 Å². The van der Waals surface area contributed by atoms with Crippen LogP contribution in [0.4, 0.5) is 5.82 Å². The van der Waals surface area contributed by atoms with E-state index in [0.717, 1.165) is 48.9 Å². The first kappa shape index (κ1) is 21.4. The van der Waals surface area contributed by atoms with Gasteiger partial charge in [0.2, 0.25) is 0 Å². The van der Waals surface area contributed by atoms with Crippen LogP contribution in [-0.2, 0) is 13.5 Å². The second kappa shape index (κ2) is 10.4. The lowest BCUT2D eigenvalue weighted by Gasteiger charge is -2.22. The van der Waals surface area contributed by atoms with Gasteiger partial charge < -0.3 is 15.5 Å². The molecule has 27 heavy (non-hydrogen) atoms. The van der Waals surface area contributed by atoms with Crippen LogP contribution in [0, 0.1) is 0 Å². The molecule has 3 heterocycles. The van der Waals surface area contributed by atoms with Crippen molar-refractivity contribution < 1.29 is 0 Å². The van der Waals surface area contributed by atoms with Crippen molar-refractivity contribution in [2.75, 3.05) is 39.0 Å². The second-order valence-corrected chi connectivity index (χ2v) is 6.91. The number of thiophene rings is 1. The number of aliphatic imine (C=N–C) groups is 1. The molecule has 8 nitrogen and oxygen atoms in total. The summed E-state index contributed by atoms with van der Waals surface area (Å²) in [6, 6.07) is 4.25. The molecule has 3 aromatic heterocycles. The largest absolute Gasteiger partial charge is 0.368 e. The summed E-state index contributed by atoms with van der Waals surface area (Å²) in [6.07, 6.45) is 4.35.